The highest BCUT2D eigenvalue weighted by Crippen LogP contribution is 2.30. The number of amides is 2. The molecule has 1 atom stereocenters. The molecule has 0 saturated carbocycles. The van der Waals surface area contributed by atoms with E-state index in [1.54, 1.807) is 35.4 Å². The average Bonchev–Trinajstić information content (AvgIpc) is 3.64. The minimum absolute atomic E-state index is 0.00587. The first-order valence-corrected chi connectivity index (χ1v) is 12.0. The summed E-state index contributed by atoms with van der Waals surface area (Å²) < 4.78 is 14.8. The fraction of sp³-hybridized carbons (Fsp3) is 0.269. The zero-order valence-electron chi connectivity index (χ0n) is 20.5. The van der Waals surface area contributed by atoms with Gasteiger partial charge in [-0.25, -0.2) is 8.91 Å². The molecule has 0 bridgehead atoms. The number of aromatic nitrogens is 5. The first-order valence-electron chi connectivity index (χ1n) is 12.0. The van der Waals surface area contributed by atoms with Crippen LogP contribution in [-0.4, -0.2) is 60.6 Å². The second-order valence-electron chi connectivity index (χ2n) is 9.30. The van der Waals surface area contributed by atoms with Gasteiger partial charge in [-0.1, -0.05) is 20.4 Å². The lowest BCUT2D eigenvalue weighted by molar-refractivity contribution is -0.114. The summed E-state index contributed by atoms with van der Waals surface area (Å²) in [6.07, 6.45) is 4.40. The van der Waals surface area contributed by atoms with E-state index < -0.39 is 11.7 Å². The fourth-order valence-corrected chi connectivity index (χ4v) is 4.55. The van der Waals surface area contributed by atoms with Gasteiger partial charge in [-0.2, -0.15) is 10.1 Å². The van der Waals surface area contributed by atoms with Crippen LogP contribution in [-0.2, 0) is 4.79 Å². The number of fused-ring (bicyclic) bond motifs is 1. The molecule has 1 fully saturated rings. The van der Waals surface area contributed by atoms with Crippen LogP contribution in [0.25, 0.3) is 16.8 Å². The van der Waals surface area contributed by atoms with E-state index in [1.807, 2.05) is 22.8 Å². The van der Waals surface area contributed by atoms with Crippen LogP contribution in [0, 0.1) is 0 Å². The molecule has 37 heavy (non-hydrogen) atoms. The minimum atomic E-state index is -1.07. The lowest BCUT2D eigenvalue weighted by atomic mass is 10.00. The Labute approximate surface area is 212 Å². The smallest absolute Gasteiger partial charge is 0.283 e. The highest BCUT2D eigenvalue weighted by molar-refractivity contribution is 6.02. The molecule has 0 spiro atoms. The highest BCUT2D eigenvalue weighted by atomic mass is 19.1. The Morgan fingerprint density at radius 1 is 1.19 bits per heavy atom. The zero-order chi connectivity index (χ0) is 26.1. The van der Waals surface area contributed by atoms with Crippen molar-refractivity contribution in [3.63, 3.8) is 0 Å². The van der Waals surface area contributed by atoms with E-state index in [4.69, 9.17) is 5.10 Å². The summed E-state index contributed by atoms with van der Waals surface area (Å²) in [6, 6.07) is 10.3. The second kappa shape index (κ2) is 9.84. The van der Waals surface area contributed by atoms with E-state index in [0.29, 0.717) is 30.3 Å². The summed E-state index contributed by atoms with van der Waals surface area (Å²) in [5.41, 5.74) is 4.69. The van der Waals surface area contributed by atoms with Gasteiger partial charge in [0.15, 0.2) is 11.5 Å². The second-order valence-corrected chi connectivity index (χ2v) is 9.30. The Kier molecular flexibility index (Phi) is 6.43. The quantitative estimate of drug-likeness (QED) is 0.329. The molecule has 0 unspecified atom stereocenters. The Morgan fingerprint density at radius 3 is 2.65 bits per heavy atom. The minimum Gasteiger partial charge on any atom is -0.348 e. The number of aromatic amines is 1. The molecule has 4 heterocycles. The number of hydrogen-bond acceptors (Lipinski definition) is 6. The molecule has 3 aromatic heterocycles. The van der Waals surface area contributed by atoms with Crippen molar-refractivity contribution in [2.75, 3.05) is 23.7 Å². The van der Waals surface area contributed by atoms with E-state index in [1.165, 1.54) is 0 Å². The first-order chi connectivity index (χ1) is 17.8. The van der Waals surface area contributed by atoms with Crippen LogP contribution < -0.4 is 10.6 Å². The topological polar surface area (TPSA) is 120 Å². The molecule has 11 heteroatoms. The molecule has 10 nitrogen and oxygen atoms in total. The van der Waals surface area contributed by atoms with Gasteiger partial charge in [-0.05, 0) is 48.7 Å². The van der Waals surface area contributed by atoms with Gasteiger partial charge in [-0.15, -0.1) is 5.10 Å². The van der Waals surface area contributed by atoms with Gasteiger partial charge < -0.3 is 15.5 Å². The van der Waals surface area contributed by atoms with Gasteiger partial charge in [0.05, 0.1) is 11.9 Å². The van der Waals surface area contributed by atoms with Gasteiger partial charge in [0.1, 0.15) is 0 Å². The third-order valence-corrected chi connectivity index (χ3v) is 6.34. The van der Waals surface area contributed by atoms with Gasteiger partial charge in [0.2, 0.25) is 5.95 Å². The van der Waals surface area contributed by atoms with Crippen LogP contribution in [0.3, 0.4) is 0 Å². The number of benzene rings is 1. The first kappa shape index (κ1) is 24.2. The van der Waals surface area contributed by atoms with E-state index in [2.05, 4.69) is 46.2 Å². The van der Waals surface area contributed by atoms with Gasteiger partial charge in [-0.3, -0.25) is 14.7 Å². The Morgan fingerprint density at radius 2 is 1.97 bits per heavy atom. The maximum absolute atomic E-state index is 13.0. The molecule has 4 aromatic rings. The molecule has 1 aromatic carbocycles. The summed E-state index contributed by atoms with van der Waals surface area (Å²) in [6.45, 7) is 8.29. The van der Waals surface area contributed by atoms with Gasteiger partial charge in [0.25, 0.3) is 11.8 Å². The number of anilines is 2. The molecule has 1 aliphatic rings. The number of likely N-dealkylation sites (tertiary alicyclic amines) is 1. The van der Waals surface area contributed by atoms with Crippen LogP contribution in [0.15, 0.2) is 61.2 Å². The van der Waals surface area contributed by atoms with Crippen LogP contribution in [0.2, 0.25) is 0 Å². The summed E-state index contributed by atoms with van der Waals surface area (Å²) in [4.78, 5) is 30.8. The number of rotatable bonds is 7. The SMILES string of the molecule is C=C(F)C(=O)Nc1ccc(C(=O)N2CC[C@@H](Nc3nc4ccc(-c5cn[nH]c5)c(C(C)C)n4n3)C2)cc1. The molecular formula is C26H27FN8O2. The van der Waals surface area contributed by atoms with Crippen LogP contribution in [0.4, 0.5) is 16.0 Å². The molecule has 1 aliphatic heterocycles. The van der Waals surface area contributed by atoms with E-state index in [0.717, 1.165) is 28.9 Å². The third-order valence-electron chi connectivity index (χ3n) is 6.34. The molecule has 3 N–H and O–H groups in total. The standard InChI is InChI=1S/C26H27FN8O2/c1-15(2)23-21(18-12-28-29-13-18)8-9-22-32-26(33-35(22)23)31-20-10-11-34(14-20)25(37)17-4-6-19(7-5-17)30-24(36)16(3)27/h4-9,12-13,15,20H,3,10-11,14H2,1-2H3,(H,28,29)(H,30,36)(H,31,33)/t20-/m1/s1. The van der Waals surface area contributed by atoms with Crippen molar-refractivity contribution in [1.82, 2.24) is 29.7 Å². The summed E-state index contributed by atoms with van der Waals surface area (Å²) in [5, 5.41) is 17.4. The Hall–Kier alpha value is -4.54. The van der Waals surface area contributed by atoms with E-state index in [-0.39, 0.29) is 17.9 Å². The number of nitrogens with zero attached hydrogens (tertiary/aromatic N) is 5. The lowest BCUT2D eigenvalue weighted by Crippen LogP contribution is -2.31. The lowest BCUT2D eigenvalue weighted by Gasteiger charge is -2.17. The molecule has 0 aliphatic carbocycles. The summed E-state index contributed by atoms with van der Waals surface area (Å²) in [5.74, 6) is -1.38. The van der Waals surface area contributed by atoms with Crippen molar-refractivity contribution in [1.29, 1.82) is 0 Å². The zero-order valence-corrected chi connectivity index (χ0v) is 20.5. The summed E-state index contributed by atoms with van der Waals surface area (Å²) in [7, 11) is 0. The maximum Gasteiger partial charge on any atom is 0.283 e. The van der Waals surface area contributed by atoms with Crippen molar-refractivity contribution in [3.8, 4) is 11.1 Å². The number of carbonyl (C=O) groups is 2. The Balaban J connectivity index is 1.27. The average molecular weight is 503 g/mol. The molecular weight excluding hydrogens is 475 g/mol. The van der Waals surface area contributed by atoms with Crippen molar-refractivity contribution in [2.24, 2.45) is 0 Å². The van der Waals surface area contributed by atoms with Crippen LogP contribution in [0.5, 0.6) is 0 Å². The monoisotopic (exact) mass is 502 g/mol. The van der Waals surface area contributed by atoms with Crippen LogP contribution >= 0.6 is 0 Å². The van der Waals surface area contributed by atoms with Crippen molar-refractivity contribution in [2.45, 2.75) is 32.2 Å². The number of carbonyl (C=O) groups excluding carboxylic acids is 2. The molecule has 5 rings (SSSR count). The molecule has 190 valence electrons. The van der Waals surface area contributed by atoms with E-state index in [9.17, 15) is 14.0 Å². The number of hydrogen-bond donors (Lipinski definition) is 3. The van der Waals surface area contributed by atoms with Gasteiger partial charge >= 0.3 is 0 Å². The maximum atomic E-state index is 13.0. The third kappa shape index (κ3) is 4.92. The fourth-order valence-electron chi connectivity index (χ4n) is 4.55. The van der Waals surface area contributed by atoms with Gasteiger partial charge in [0, 0.05) is 47.7 Å². The molecule has 0 radical (unpaired) electrons. The van der Waals surface area contributed by atoms with Crippen molar-refractivity contribution in [3.05, 3.63) is 72.5 Å². The number of H-pyrrole nitrogens is 1. The van der Waals surface area contributed by atoms with Crippen molar-refractivity contribution < 1.29 is 14.0 Å². The summed E-state index contributed by atoms with van der Waals surface area (Å²) >= 11 is 0. The number of nitrogens with one attached hydrogen (secondary N) is 3. The van der Waals surface area contributed by atoms with Crippen molar-refractivity contribution >= 4 is 29.1 Å². The predicted octanol–water partition coefficient (Wildman–Crippen LogP) is 3.99. The number of pyridine rings is 1. The Bertz CT molecular complexity index is 1460. The van der Waals surface area contributed by atoms with E-state index >= 15 is 0 Å². The predicted molar refractivity (Wildman–Crippen MR) is 138 cm³/mol. The normalized spacial score (nSPS) is 15.4. The molecule has 1 saturated heterocycles. The number of halogens is 1. The molecule has 2 amide bonds. The van der Waals surface area contributed by atoms with Crippen LogP contribution in [0.1, 0.15) is 42.2 Å². The highest BCUT2D eigenvalue weighted by Gasteiger charge is 2.28. The largest absolute Gasteiger partial charge is 0.348 e.